The van der Waals surface area contributed by atoms with E-state index < -0.39 is 0 Å². The minimum absolute atomic E-state index is 0.0780. The molecule has 1 heterocycles. The van der Waals surface area contributed by atoms with Crippen LogP contribution in [-0.2, 0) is 4.79 Å². The third kappa shape index (κ3) is 3.70. The molecule has 0 aliphatic heterocycles. The highest BCUT2D eigenvalue weighted by Crippen LogP contribution is 2.18. The highest BCUT2D eigenvalue weighted by molar-refractivity contribution is 9.10. The molecule has 0 bridgehead atoms. The number of hydrogen-bond acceptors (Lipinski definition) is 3. The van der Waals surface area contributed by atoms with Crippen molar-refractivity contribution < 1.29 is 4.79 Å². The molecule has 4 nitrogen and oxygen atoms in total. The summed E-state index contributed by atoms with van der Waals surface area (Å²) in [6, 6.07) is 3.88. The Labute approximate surface area is 111 Å². The average molecular weight is 300 g/mol. The quantitative estimate of drug-likeness (QED) is 0.854. The Morgan fingerprint density at radius 1 is 1.41 bits per heavy atom. The first-order valence-electron chi connectivity index (χ1n) is 5.54. The maximum absolute atomic E-state index is 11.7. The van der Waals surface area contributed by atoms with Gasteiger partial charge in [-0.25, -0.2) is 4.98 Å². The lowest BCUT2D eigenvalue weighted by Gasteiger charge is -2.23. The Morgan fingerprint density at radius 2 is 2.06 bits per heavy atom. The van der Waals surface area contributed by atoms with E-state index in [1.165, 1.54) is 0 Å². The summed E-state index contributed by atoms with van der Waals surface area (Å²) < 4.78 is 0.983. The number of carbonyl (C=O) groups is 1. The molecule has 5 heteroatoms. The second-order valence-corrected chi connectivity index (χ2v) is 4.89. The number of hydrogen-bond donors (Lipinski definition) is 0. The van der Waals surface area contributed by atoms with Gasteiger partial charge < -0.3 is 9.80 Å². The van der Waals surface area contributed by atoms with E-state index >= 15 is 0 Å². The molecule has 0 atom stereocenters. The zero-order valence-corrected chi connectivity index (χ0v) is 12.3. The van der Waals surface area contributed by atoms with Crippen molar-refractivity contribution in [1.82, 2.24) is 9.88 Å². The fourth-order valence-electron chi connectivity index (χ4n) is 1.37. The van der Waals surface area contributed by atoms with Crippen LogP contribution in [0.3, 0.4) is 0 Å². The predicted octanol–water partition coefficient (Wildman–Crippen LogP) is 2.07. The van der Waals surface area contributed by atoms with E-state index in [2.05, 4.69) is 20.9 Å². The van der Waals surface area contributed by atoms with E-state index in [1.807, 2.05) is 30.9 Å². The fourth-order valence-corrected chi connectivity index (χ4v) is 1.59. The van der Waals surface area contributed by atoms with E-state index in [9.17, 15) is 4.79 Å². The summed E-state index contributed by atoms with van der Waals surface area (Å²) in [4.78, 5) is 19.7. The van der Waals surface area contributed by atoms with Gasteiger partial charge in [0.05, 0.1) is 12.2 Å². The lowest BCUT2D eigenvalue weighted by Crippen LogP contribution is -2.37. The number of amides is 1. The van der Waals surface area contributed by atoms with Crippen LogP contribution < -0.4 is 4.90 Å². The van der Waals surface area contributed by atoms with Crippen LogP contribution in [0.2, 0.25) is 0 Å². The van der Waals surface area contributed by atoms with Crippen molar-refractivity contribution >= 4 is 27.7 Å². The van der Waals surface area contributed by atoms with Crippen LogP contribution in [0, 0.1) is 6.92 Å². The molecule has 17 heavy (non-hydrogen) atoms. The molecule has 0 radical (unpaired) electrons. The van der Waals surface area contributed by atoms with Crippen LogP contribution in [0.15, 0.2) is 16.6 Å². The van der Waals surface area contributed by atoms with E-state index in [0.717, 1.165) is 22.5 Å². The number of nitrogens with zero attached hydrogens (tertiary/aromatic N) is 3. The molecular weight excluding hydrogens is 282 g/mol. The molecule has 0 fully saturated rings. The smallest absolute Gasteiger partial charge is 0.241 e. The molecule has 1 rings (SSSR count). The molecular formula is C12H18BrN3O. The van der Waals surface area contributed by atoms with Gasteiger partial charge in [0.15, 0.2) is 0 Å². The molecule has 0 saturated heterocycles. The standard InChI is InChI=1S/C12H18BrN3O/c1-5-16(8-12(17)15(3)4)11-7-6-10(13)9(2)14-11/h6-7H,5,8H2,1-4H3. The van der Waals surface area contributed by atoms with E-state index in [4.69, 9.17) is 0 Å². The van der Waals surface area contributed by atoms with Crippen molar-refractivity contribution in [1.29, 1.82) is 0 Å². The van der Waals surface area contributed by atoms with Gasteiger partial charge >= 0.3 is 0 Å². The van der Waals surface area contributed by atoms with Crippen LogP contribution in [0.1, 0.15) is 12.6 Å². The van der Waals surface area contributed by atoms with E-state index in [-0.39, 0.29) is 5.91 Å². The summed E-state index contributed by atoms with van der Waals surface area (Å²) in [5.41, 5.74) is 0.929. The summed E-state index contributed by atoms with van der Waals surface area (Å²) in [7, 11) is 3.52. The summed E-state index contributed by atoms with van der Waals surface area (Å²) in [5.74, 6) is 0.914. The van der Waals surface area contributed by atoms with E-state index in [1.54, 1.807) is 19.0 Å². The van der Waals surface area contributed by atoms with Crippen LogP contribution in [0.5, 0.6) is 0 Å². The Hall–Kier alpha value is -1.10. The highest BCUT2D eigenvalue weighted by atomic mass is 79.9. The van der Waals surface area contributed by atoms with Gasteiger partial charge in [-0.05, 0) is 41.9 Å². The van der Waals surface area contributed by atoms with Crippen LogP contribution in [0.4, 0.5) is 5.82 Å². The third-order valence-electron chi connectivity index (χ3n) is 2.54. The SMILES string of the molecule is CCN(CC(=O)N(C)C)c1ccc(Br)c(C)n1. The molecule has 0 spiro atoms. The predicted molar refractivity (Wildman–Crippen MR) is 73.3 cm³/mol. The minimum atomic E-state index is 0.0780. The maximum atomic E-state index is 11.7. The summed E-state index contributed by atoms with van der Waals surface area (Å²) in [6.45, 7) is 5.07. The number of carbonyl (C=O) groups excluding carboxylic acids is 1. The molecule has 0 unspecified atom stereocenters. The lowest BCUT2D eigenvalue weighted by molar-refractivity contribution is -0.127. The Kier molecular flexibility index (Phi) is 4.93. The lowest BCUT2D eigenvalue weighted by atomic mass is 10.3. The largest absolute Gasteiger partial charge is 0.348 e. The number of anilines is 1. The molecule has 94 valence electrons. The van der Waals surface area contributed by atoms with Crippen LogP contribution >= 0.6 is 15.9 Å². The second kappa shape index (κ2) is 6.00. The molecule has 0 N–H and O–H groups in total. The molecule has 0 aliphatic carbocycles. The van der Waals surface area contributed by atoms with Gasteiger partial charge in [-0.2, -0.15) is 0 Å². The fraction of sp³-hybridized carbons (Fsp3) is 0.500. The van der Waals surface area contributed by atoms with Gasteiger partial charge in [0.1, 0.15) is 5.82 Å². The molecule has 0 aromatic carbocycles. The summed E-state index contributed by atoms with van der Waals surface area (Å²) in [6.07, 6.45) is 0. The zero-order chi connectivity index (χ0) is 13.0. The third-order valence-corrected chi connectivity index (χ3v) is 3.38. The monoisotopic (exact) mass is 299 g/mol. The van der Waals surface area contributed by atoms with Gasteiger partial charge in [-0.1, -0.05) is 0 Å². The maximum Gasteiger partial charge on any atom is 0.241 e. The zero-order valence-electron chi connectivity index (χ0n) is 10.7. The summed E-state index contributed by atoms with van der Waals surface area (Å²) in [5, 5.41) is 0. The van der Waals surface area contributed by atoms with Crippen molar-refractivity contribution in [2.75, 3.05) is 32.1 Å². The van der Waals surface area contributed by atoms with Crippen molar-refractivity contribution in [3.8, 4) is 0 Å². The number of halogens is 1. The molecule has 1 aromatic rings. The Bertz CT molecular complexity index is 407. The normalized spacial score (nSPS) is 10.2. The van der Waals surface area contributed by atoms with Gasteiger partial charge in [0.2, 0.25) is 5.91 Å². The number of aryl methyl sites for hydroxylation is 1. The average Bonchev–Trinajstić information content (AvgIpc) is 2.29. The molecule has 0 saturated carbocycles. The van der Waals surface area contributed by atoms with Gasteiger partial charge in [0.25, 0.3) is 0 Å². The van der Waals surface area contributed by atoms with Crippen LogP contribution in [-0.4, -0.2) is 43.0 Å². The number of likely N-dealkylation sites (N-methyl/N-ethyl adjacent to an activating group) is 2. The minimum Gasteiger partial charge on any atom is -0.348 e. The van der Waals surface area contributed by atoms with Crippen molar-refractivity contribution in [3.05, 3.63) is 22.3 Å². The summed E-state index contributed by atoms with van der Waals surface area (Å²) >= 11 is 3.42. The van der Waals surface area contributed by atoms with Crippen molar-refractivity contribution in [2.24, 2.45) is 0 Å². The first-order chi connectivity index (χ1) is 7.95. The Morgan fingerprint density at radius 3 is 2.53 bits per heavy atom. The first-order valence-corrected chi connectivity index (χ1v) is 6.33. The van der Waals surface area contributed by atoms with Gasteiger partial charge in [-0.3, -0.25) is 4.79 Å². The highest BCUT2D eigenvalue weighted by Gasteiger charge is 2.13. The van der Waals surface area contributed by atoms with Crippen molar-refractivity contribution in [3.63, 3.8) is 0 Å². The van der Waals surface area contributed by atoms with E-state index in [0.29, 0.717) is 6.54 Å². The Balaban J connectivity index is 2.86. The molecule has 0 aliphatic rings. The van der Waals surface area contributed by atoms with Gasteiger partial charge in [0, 0.05) is 25.1 Å². The molecule has 1 aromatic heterocycles. The van der Waals surface area contributed by atoms with Crippen LogP contribution in [0.25, 0.3) is 0 Å². The first kappa shape index (κ1) is 14.0. The topological polar surface area (TPSA) is 36.4 Å². The second-order valence-electron chi connectivity index (χ2n) is 4.04. The molecule has 1 amide bonds. The van der Waals surface area contributed by atoms with Crippen molar-refractivity contribution in [2.45, 2.75) is 13.8 Å². The number of rotatable bonds is 4. The van der Waals surface area contributed by atoms with Gasteiger partial charge in [-0.15, -0.1) is 0 Å². The number of pyridine rings is 1. The number of aromatic nitrogens is 1.